The SMILES string of the molecule is CC1(C)OC2COC(O[C@H]3CC[C@]4(C=O)[C@H]5CC[C@]6(C)[C@@H](C7=CC(=O)OC7)CC[C@]6(O)[C@@H]5CC[C@]4(O)C3)CC2O1. The summed E-state index contributed by atoms with van der Waals surface area (Å²) in [5.41, 5.74) is -2.42. The quantitative estimate of drug-likeness (QED) is 0.303. The van der Waals surface area contributed by atoms with Gasteiger partial charge in [0.05, 0.1) is 35.4 Å². The molecule has 11 atom stereocenters. The van der Waals surface area contributed by atoms with Crippen molar-refractivity contribution in [1.29, 1.82) is 0 Å². The molecule has 9 nitrogen and oxygen atoms in total. The smallest absolute Gasteiger partial charge is 0.331 e. The zero-order chi connectivity index (χ0) is 28.1. The molecular formula is C31H44O9. The van der Waals surface area contributed by atoms with E-state index in [4.69, 9.17) is 23.7 Å². The van der Waals surface area contributed by atoms with Crippen molar-refractivity contribution in [3.8, 4) is 0 Å². The fourth-order valence-corrected chi connectivity index (χ4v) is 10.5. The fraction of sp³-hybridized carbons (Fsp3) is 0.871. The fourth-order valence-electron chi connectivity index (χ4n) is 10.5. The molecule has 9 heteroatoms. The largest absolute Gasteiger partial charge is 0.458 e. The van der Waals surface area contributed by atoms with Gasteiger partial charge in [0.25, 0.3) is 0 Å². The summed E-state index contributed by atoms with van der Waals surface area (Å²) in [6.07, 6.45) is 8.08. The molecule has 3 unspecified atom stereocenters. The van der Waals surface area contributed by atoms with Crippen LogP contribution in [0.5, 0.6) is 0 Å². The van der Waals surface area contributed by atoms with Crippen LogP contribution in [0.3, 0.4) is 0 Å². The first-order valence-electron chi connectivity index (χ1n) is 15.3. The molecule has 0 amide bonds. The minimum Gasteiger partial charge on any atom is -0.458 e. The van der Waals surface area contributed by atoms with Gasteiger partial charge in [0.1, 0.15) is 19.0 Å². The molecule has 2 saturated heterocycles. The van der Waals surface area contributed by atoms with Crippen molar-refractivity contribution >= 4 is 12.3 Å². The second-order valence-corrected chi connectivity index (χ2v) is 14.5. The van der Waals surface area contributed by atoms with Crippen LogP contribution < -0.4 is 0 Å². The number of cyclic esters (lactones) is 1. The highest BCUT2D eigenvalue weighted by Crippen LogP contribution is 2.70. The lowest BCUT2D eigenvalue weighted by atomic mass is 9.41. The van der Waals surface area contributed by atoms with Gasteiger partial charge < -0.3 is 38.7 Å². The monoisotopic (exact) mass is 560 g/mol. The van der Waals surface area contributed by atoms with E-state index in [1.807, 2.05) is 13.8 Å². The van der Waals surface area contributed by atoms with E-state index < -0.39 is 28.7 Å². The Morgan fingerprint density at radius 1 is 0.975 bits per heavy atom. The molecule has 0 aromatic heterocycles. The van der Waals surface area contributed by atoms with Gasteiger partial charge in [-0.1, -0.05) is 6.92 Å². The summed E-state index contributed by atoms with van der Waals surface area (Å²) in [5, 5.41) is 24.6. The molecule has 0 aromatic rings. The zero-order valence-corrected chi connectivity index (χ0v) is 23.9. The van der Waals surface area contributed by atoms with Gasteiger partial charge in [0.2, 0.25) is 0 Å². The molecular weight excluding hydrogens is 516 g/mol. The van der Waals surface area contributed by atoms with Crippen LogP contribution in [0.1, 0.15) is 85.0 Å². The Morgan fingerprint density at radius 3 is 2.50 bits per heavy atom. The molecule has 0 aromatic carbocycles. The maximum absolute atomic E-state index is 13.0. The highest BCUT2D eigenvalue weighted by atomic mass is 16.8. The van der Waals surface area contributed by atoms with E-state index in [0.717, 1.165) is 31.1 Å². The van der Waals surface area contributed by atoms with E-state index in [2.05, 4.69) is 6.92 Å². The molecule has 4 saturated carbocycles. The summed E-state index contributed by atoms with van der Waals surface area (Å²) in [7, 11) is 0. The average Bonchev–Trinajstić information content (AvgIpc) is 3.54. The molecule has 3 heterocycles. The van der Waals surface area contributed by atoms with E-state index in [-0.39, 0.29) is 47.4 Å². The first-order chi connectivity index (χ1) is 18.9. The number of aldehydes is 1. The third kappa shape index (κ3) is 3.80. The van der Waals surface area contributed by atoms with Crippen LogP contribution in [0, 0.1) is 28.6 Å². The molecule has 0 bridgehead atoms. The predicted molar refractivity (Wildman–Crippen MR) is 141 cm³/mol. The third-order valence-corrected chi connectivity index (χ3v) is 12.3. The van der Waals surface area contributed by atoms with Gasteiger partial charge in [-0.3, -0.25) is 0 Å². The number of esters is 1. The Labute approximate surface area is 235 Å². The number of carbonyl (C=O) groups is 2. The summed E-state index contributed by atoms with van der Waals surface area (Å²) in [4.78, 5) is 24.9. The van der Waals surface area contributed by atoms with E-state index >= 15 is 0 Å². The number of aliphatic hydroxyl groups is 2. The second-order valence-electron chi connectivity index (χ2n) is 14.5. The van der Waals surface area contributed by atoms with Crippen molar-refractivity contribution in [2.75, 3.05) is 13.2 Å². The van der Waals surface area contributed by atoms with E-state index in [1.165, 1.54) is 0 Å². The van der Waals surface area contributed by atoms with Crippen molar-refractivity contribution in [1.82, 2.24) is 0 Å². The molecule has 3 aliphatic heterocycles. The molecule has 6 fully saturated rings. The van der Waals surface area contributed by atoms with Crippen LogP contribution in [0.2, 0.25) is 0 Å². The topological polar surface area (TPSA) is 121 Å². The van der Waals surface area contributed by atoms with Crippen molar-refractivity contribution in [3.05, 3.63) is 11.6 Å². The standard InChI is InChI=1S/C31H44O9/c1-27(2)39-23-13-26(37-16-24(23)40-27)38-19-4-9-29(17-32)21-5-8-28(3)20(18-12-25(33)36-15-18)7-11-31(28,35)22(21)6-10-30(29,34)14-19/h12,17,19-24,26,34-35H,4-11,13-16H2,1-3H3/t19-,20+,21-,22+,23?,24?,26?,28+,29-,30-,31-/m0/s1. The van der Waals surface area contributed by atoms with E-state index in [1.54, 1.807) is 6.08 Å². The second kappa shape index (κ2) is 9.07. The minimum atomic E-state index is -1.18. The first-order valence-corrected chi connectivity index (χ1v) is 15.3. The zero-order valence-electron chi connectivity index (χ0n) is 23.9. The molecule has 7 aliphatic rings. The van der Waals surface area contributed by atoms with Gasteiger partial charge in [-0.15, -0.1) is 0 Å². The molecule has 40 heavy (non-hydrogen) atoms. The van der Waals surface area contributed by atoms with Gasteiger partial charge in [-0.05, 0) is 88.5 Å². The summed E-state index contributed by atoms with van der Waals surface area (Å²) in [5.74, 6) is -0.990. The van der Waals surface area contributed by atoms with Gasteiger partial charge in [-0.2, -0.15) is 0 Å². The van der Waals surface area contributed by atoms with Crippen LogP contribution in [-0.2, 0) is 33.3 Å². The van der Waals surface area contributed by atoms with E-state index in [9.17, 15) is 19.8 Å². The Hall–Kier alpha value is -1.36. The van der Waals surface area contributed by atoms with Crippen molar-refractivity contribution in [3.63, 3.8) is 0 Å². The average molecular weight is 561 g/mol. The Kier molecular flexibility index (Phi) is 6.23. The molecule has 7 rings (SSSR count). The van der Waals surface area contributed by atoms with Crippen LogP contribution >= 0.6 is 0 Å². The van der Waals surface area contributed by atoms with Crippen LogP contribution in [0.4, 0.5) is 0 Å². The normalized spacial score (nSPS) is 53.1. The van der Waals surface area contributed by atoms with Gasteiger partial charge in [0, 0.05) is 24.3 Å². The highest BCUT2D eigenvalue weighted by molar-refractivity contribution is 5.85. The number of ether oxygens (including phenoxy) is 5. The molecule has 0 spiro atoms. The van der Waals surface area contributed by atoms with Crippen molar-refractivity contribution in [2.24, 2.45) is 28.6 Å². The lowest BCUT2D eigenvalue weighted by Crippen LogP contribution is -2.69. The van der Waals surface area contributed by atoms with Crippen molar-refractivity contribution < 1.29 is 43.5 Å². The Morgan fingerprint density at radius 2 is 1.75 bits per heavy atom. The van der Waals surface area contributed by atoms with Crippen LogP contribution in [0.15, 0.2) is 11.6 Å². The lowest BCUT2D eigenvalue weighted by Gasteiger charge is -2.65. The number of carbonyl (C=O) groups excluding carboxylic acids is 2. The summed E-state index contributed by atoms with van der Waals surface area (Å²) >= 11 is 0. The highest BCUT2D eigenvalue weighted by Gasteiger charge is 2.71. The molecule has 0 radical (unpaired) electrons. The first kappa shape index (κ1) is 27.5. The molecule has 222 valence electrons. The van der Waals surface area contributed by atoms with Crippen LogP contribution in [-0.4, -0.2) is 77.3 Å². The summed E-state index contributed by atoms with van der Waals surface area (Å²) < 4.78 is 29.6. The molecule has 2 N–H and O–H groups in total. The Bertz CT molecular complexity index is 1100. The van der Waals surface area contributed by atoms with Crippen molar-refractivity contribution in [2.45, 2.75) is 127 Å². The number of hydrogen-bond acceptors (Lipinski definition) is 9. The Balaban J connectivity index is 1.08. The maximum Gasteiger partial charge on any atom is 0.331 e. The van der Waals surface area contributed by atoms with Crippen LogP contribution in [0.25, 0.3) is 0 Å². The summed E-state index contributed by atoms with van der Waals surface area (Å²) in [6, 6.07) is 0. The minimum absolute atomic E-state index is 0.0701. The predicted octanol–water partition coefficient (Wildman–Crippen LogP) is 3.19. The lowest BCUT2D eigenvalue weighted by molar-refractivity contribution is -0.270. The van der Waals surface area contributed by atoms with E-state index in [0.29, 0.717) is 58.2 Å². The van der Waals surface area contributed by atoms with Gasteiger partial charge in [0.15, 0.2) is 12.1 Å². The number of hydrogen-bond donors (Lipinski definition) is 2. The number of fused-ring (bicyclic) bond motifs is 6. The number of rotatable bonds is 4. The summed E-state index contributed by atoms with van der Waals surface area (Å²) in [6.45, 7) is 6.70. The maximum atomic E-state index is 13.0. The van der Waals surface area contributed by atoms with Gasteiger partial charge >= 0.3 is 5.97 Å². The van der Waals surface area contributed by atoms with Gasteiger partial charge in [-0.25, -0.2) is 4.79 Å². The molecule has 4 aliphatic carbocycles. The third-order valence-electron chi connectivity index (χ3n) is 12.3.